The van der Waals surface area contributed by atoms with Gasteiger partial charge in [0.05, 0.1) is 19.4 Å². The van der Waals surface area contributed by atoms with E-state index in [0.717, 1.165) is 0 Å². The predicted octanol–water partition coefficient (Wildman–Crippen LogP) is 0.840. The number of amides is 1. The summed E-state index contributed by atoms with van der Waals surface area (Å²) in [5.41, 5.74) is 1.23. The van der Waals surface area contributed by atoms with Gasteiger partial charge in [0.15, 0.2) is 0 Å². The minimum absolute atomic E-state index is 0.101. The second-order valence-electron chi connectivity index (χ2n) is 4.67. The topological polar surface area (TPSA) is 83.9 Å². The van der Waals surface area contributed by atoms with Crippen LogP contribution in [0.4, 0.5) is 5.69 Å². The quantitative estimate of drug-likeness (QED) is 0.824. The van der Waals surface area contributed by atoms with Gasteiger partial charge in [-0.25, -0.2) is 0 Å². The van der Waals surface area contributed by atoms with Crippen LogP contribution in [0.2, 0.25) is 0 Å². The zero-order valence-corrected chi connectivity index (χ0v) is 11.0. The summed E-state index contributed by atoms with van der Waals surface area (Å²) < 4.78 is 4.65. The first-order chi connectivity index (χ1) is 9.51. The third-order valence-electron chi connectivity index (χ3n) is 3.24. The van der Waals surface area contributed by atoms with E-state index in [1.165, 1.54) is 12.0 Å². The summed E-state index contributed by atoms with van der Waals surface area (Å²) in [6.07, 6.45) is 0.0200. The fraction of sp³-hybridized carbons (Fsp3) is 0.357. The first-order valence-electron chi connectivity index (χ1n) is 6.20. The van der Waals surface area contributed by atoms with E-state index >= 15 is 0 Å². The second kappa shape index (κ2) is 5.73. The summed E-state index contributed by atoms with van der Waals surface area (Å²) in [5, 5.41) is 8.78. The molecule has 1 aliphatic rings. The molecule has 1 aromatic rings. The van der Waals surface area contributed by atoms with Crippen LogP contribution < -0.4 is 4.90 Å². The number of methoxy groups -OCH3 is 1. The lowest BCUT2D eigenvalue weighted by molar-refractivity contribution is -0.145. The number of ether oxygens (including phenoxy) is 1. The zero-order chi connectivity index (χ0) is 14.7. The second-order valence-corrected chi connectivity index (χ2v) is 4.67. The van der Waals surface area contributed by atoms with Crippen molar-refractivity contribution < 1.29 is 24.2 Å². The van der Waals surface area contributed by atoms with Gasteiger partial charge in [-0.2, -0.15) is 0 Å². The smallest absolute Gasteiger partial charge is 0.311 e. The van der Waals surface area contributed by atoms with Crippen LogP contribution in [-0.2, 0) is 25.5 Å². The Labute approximate surface area is 115 Å². The first kappa shape index (κ1) is 14.0. The molecule has 6 nitrogen and oxygen atoms in total. The van der Waals surface area contributed by atoms with Crippen LogP contribution in [-0.4, -0.2) is 36.6 Å². The van der Waals surface area contributed by atoms with Crippen molar-refractivity contribution >= 4 is 23.5 Å². The average molecular weight is 277 g/mol. The summed E-state index contributed by atoms with van der Waals surface area (Å²) in [5.74, 6) is -1.95. The minimum Gasteiger partial charge on any atom is -0.481 e. The Balaban J connectivity index is 2.17. The van der Waals surface area contributed by atoms with E-state index in [-0.39, 0.29) is 25.3 Å². The van der Waals surface area contributed by atoms with Gasteiger partial charge in [-0.1, -0.05) is 12.1 Å². The molecule has 20 heavy (non-hydrogen) atoms. The van der Waals surface area contributed by atoms with Crippen molar-refractivity contribution in [2.45, 2.75) is 12.8 Å². The highest BCUT2D eigenvalue weighted by molar-refractivity contribution is 5.99. The van der Waals surface area contributed by atoms with Crippen LogP contribution in [0.15, 0.2) is 24.3 Å². The number of carboxylic acid groups (broad SMARTS) is 1. The molecule has 0 spiro atoms. The first-order valence-corrected chi connectivity index (χ1v) is 6.20. The van der Waals surface area contributed by atoms with Crippen LogP contribution in [0.3, 0.4) is 0 Å². The molecule has 0 bridgehead atoms. The Morgan fingerprint density at radius 3 is 2.85 bits per heavy atom. The van der Waals surface area contributed by atoms with Crippen molar-refractivity contribution in [2.75, 3.05) is 18.6 Å². The number of aliphatic carboxylic acids is 1. The molecule has 0 radical (unpaired) electrons. The van der Waals surface area contributed by atoms with Gasteiger partial charge in [-0.3, -0.25) is 14.4 Å². The van der Waals surface area contributed by atoms with Crippen molar-refractivity contribution in [3.05, 3.63) is 29.8 Å². The van der Waals surface area contributed by atoms with Crippen molar-refractivity contribution in [3.63, 3.8) is 0 Å². The fourth-order valence-electron chi connectivity index (χ4n) is 2.29. The molecule has 1 heterocycles. The minimum atomic E-state index is -0.928. The Hall–Kier alpha value is -2.37. The number of rotatable bonds is 4. The molecule has 1 unspecified atom stereocenters. The summed E-state index contributed by atoms with van der Waals surface area (Å²) in [6, 6.07) is 6.77. The van der Waals surface area contributed by atoms with Crippen molar-refractivity contribution in [1.82, 2.24) is 0 Å². The number of benzene rings is 1. The fourth-order valence-corrected chi connectivity index (χ4v) is 2.29. The van der Waals surface area contributed by atoms with Crippen molar-refractivity contribution in [1.29, 1.82) is 0 Å². The number of hydrogen-bond acceptors (Lipinski definition) is 4. The summed E-state index contributed by atoms with van der Waals surface area (Å²) in [6.45, 7) is 0.266. The largest absolute Gasteiger partial charge is 0.481 e. The van der Waals surface area contributed by atoms with Crippen LogP contribution in [0.5, 0.6) is 0 Å². The third-order valence-corrected chi connectivity index (χ3v) is 3.24. The lowest BCUT2D eigenvalue weighted by Crippen LogP contribution is -2.26. The monoisotopic (exact) mass is 277 g/mol. The third kappa shape index (κ3) is 2.96. The normalized spacial score (nSPS) is 18.1. The van der Waals surface area contributed by atoms with E-state index in [2.05, 4.69) is 4.74 Å². The van der Waals surface area contributed by atoms with Gasteiger partial charge in [0.1, 0.15) is 0 Å². The van der Waals surface area contributed by atoms with Gasteiger partial charge in [0, 0.05) is 18.7 Å². The van der Waals surface area contributed by atoms with E-state index < -0.39 is 17.9 Å². The number of nitrogens with zero attached hydrogens (tertiary/aromatic N) is 1. The Morgan fingerprint density at radius 2 is 2.20 bits per heavy atom. The molecule has 106 valence electrons. The molecule has 0 saturated carbocycles. The molecule has 6 heteroatoms. The van der Waals surface area contributed by atoms with Crippen LogP contribution in [0.1, 0.15) is 12.0 Å². The molecule has 1 aliphatic heterocycles. The molecule has 1 aromatic carbocycles. The standard InChI is InChI=1S/C14H15NO5/c1-20-14(19)10-7-12(16)15(8-10)11-4-2-3-9(5-11)6-13(17)18/h2-5,10H,6-8H2,1H3,(H,17,18). The van der Waals surface area contributed by atoms with Crippen LogP contribution in [0, 0.1) is 5.92 Å². The number of carboxylic acids is 1. The lowest BCUT2D eigenvalue weighted by Gasteiger charge is -2.17. The van der Waals surface area contributed by atoms with E-state index in [1.54, 1.807) is 24.3 Å². The molecule has 2 rings (SSSR count). The van der Waals surface area contributed by atoms with Crippen molar-refractivity contribution in [3.8, 4) is 0 Å². The SMILES string of the molecule is COC(=O)C1CC(=O)N(c2cccc(CC(=O)O)c2)C1. The molecule has 1 N–H and O–H groups in total. The predicted molar refractivity (Wildman–Crippen MR) is 70.3 cm³/mol. The zero-order valence-electron chi connectivity index (χ0n) is 11.0. The summed E-state index contributed by atoms with van der Waals surface area (Å²) >= 11 is 0. The van der Waals surface area contributed by atoms with Gasteiger partial charge in [0.25, 0.3) is 0 Å². The Bertz CT molecular complexity index is 554. The van der Waals surface area contributed by atoms with Gasteiger partial charge in [-0.05, 0) is 17.7 Å². The maximum atomic E-state index is 11.9. The number of anilines is 1. The number of hydrogen-bond donors (Lipinski definition) is 1. The highest BCUT2D eigenvalue weighted by atomic mass is 16.5. The number of esters is 1. The number of carbonyl (C=O) groups excluding carboxylic acids is 2. The van der Waals surface area contributed by atoms with Gasteiger partial charge < -0.3 is 14.7 Å². The molecular weight excluding hydrogens is 262 g/mol. The maximum absolute atomic E-state index is 11.9. The molecule has 1 saturated heterocycles. The lowest BCUT2D eigenvalue weighted by atomic mass is 10.1. The maximum Gasteiger partial charge on any atom is 0.311 e. The summed E-state index contributed by atoms with van der Waals surface area (Å²) in [4.78, 5) is 35.6. The van der Waals surface area contributed by atoms with Crippen LogP contribution in [0.25, 0.3) is 0 Å². The molecule has 0 aliphatic carbocycles. The highest BCUT2D eigenvalue weighted by Gasteiger charge is 2.35. The number of carbonyl (C=O) groups is 3. The molecule has 0 aromatic heterocycles. The van der Waals surface area contributed by atoms with E-state index in [1.807, 2.05) is 0 Å². The van der Waals surface area contributed by atoms with Gasteiger partial charge >= 0.3 is 11.9 Å². The Kier molecular flexibility index (Phi) is 4.02. The molecule has 1 atom stereocenters. The molecule has 1 amide bonds. The Morgan fingerprint density at radius 1 is 1.45 bits per heavy atom. The molecular formula is C14H15NO5. The van der Waals surface area contributed by atoms with E-state index in [0.29, 0.717) is 11.3 Å². The summed E-state index contributed by atoms with van der Waals surface area (Å²) in [7, 11) is 1.29. The molecule has 1 fully saturated rings. The highest BCUT2D eigenvalue weighted by Crippen LogP contribution is 2.26. The van der Waals surface area contributed by atoms with Gasteiger partial charge in [0.2, 0.25) is 5.91 Å². The average Bonchev–Trinajstić information content (AvgIpc) is 2.79. The van der Waals surface area contributed by atoms with E-state index in [9.17, 15) is 14.4 Å². The van der Waals surface area contributed by atoms with Crippen LogP contribution >= 0.6 is 0 Å². The van der Waals surface area contributed by atoms with Gasteiger partial charge in [-0.15, -0.1) is 0 Å². The van der Waals surface area contributed by atoms with Crippen molar-refractivity contribution in [2.24, 2.45) is 5.92 Å². The van der Waals surface area contributed by atoms with E-state index in [4.69, 9.17) is 5.11 Å².